The summed E-state index contributed by atoms with van der Waals surface area (Å²) in [5.74, 6) is 0. The van der Waals surface area contributed by atoms with Gasteiger partial charge in [-0.2, -0.15) is 0 Å². The molecule has 0 fully saturated rings. The van der Waals surface area contributed by atoms with Gasteiger partial charge in [-0.05, 0) is 62.7 Å². The summed E-state index contributed by atoms with van der Waals surface area (Å²) < 4.78 is 23.0. The number of nitrogens with zero attached hydrogens (tertiary/aromatic N) is 4. The summed E-state index contributed by atoms with van der Waals surface area (Å²) in [6.45, 7) is 20.7. The Kier molecular flexibility index (Phi) is 9.92. The van der Waals surface area contributed by atoms with Crippen molar-refractivity contribution >= 4 is 43.6 Å². The summed E-state index contributed by atoms with van der Waals surface area (Å²) >= 11 is 0. The van der Waals surface area contributed by atoms with Gasteiger partial charge in [-0.25, -0.2) is 18.3 Å². The summed E-state index contributed by atoms with van der Waals surface area (Å²) in [6.07, 6.45) is 16.3. The Morgan fingerprint density at radius 1 is 0.561 bits per heavy atom. The zero-order chi connectivity index (χ0) is 29.7. The van der Waals surface area contributed by atoms with E-state index >= 15 is 0 Å². The van der Waals surface area contributed by atoms with Gasteiger partial charge in [-0.3, -0.25) is 0 Å². The SMILES string of the molecule is C[Si](C)(C[n+]1ccn(CCCn2cc[n+](C[Si](C)(C)O[Si](C)(C)c3ccccc3)c2)c1)O[Si](C)(C)c1ccccc1. The molecule has 0 spiro atoms. The van der Waals surface area contributed by atoms with E-state index in [1.807, 2.05) is 0 Å². The van der Waals surface area contributed by atoms with Crippen LogP contribution in [0.25, 0.3) is 0 Å². The Bertz CT molecular complexity index is 1280. The Hall–Kier alpha value is -2.35. The zero-order valence-electron chi connectivity index (χ0n) is 26.4. The molecule has 0 aliphatic rings. The van der Waals surface area contributed by atoms with Crippen LogP contribution in [0.4, 0.5) is 0 Å². The molecule has 10 heteroatoms. The highest BCUT2D eigenvalue weighted by molar-refractivity contribution is 6.92. The second-order valence-corrected chi connectivity index (χ2v) is 30.0. The van der Waals surface area contributed by atoms with E-state index in [0.717, 1.165) is 31.8 Å². The van der Waals surface area contributed by atoms with Crippen LogP contribution in [-0.2, 0) is 33.7 Å². The number of aryl methyl sites for hydroxylation is 2. The van der Waals surface area contributed by atoms with Gasteiger partial charge in [-0.1, -0.05) is 60.7 Å². The number of hydrogen-bond acceptors (Lipinski definition) is 2. The van der Waals surface area contributed by atoms with Crippen LogP contribution in [0.2, 0.25) is 52.4 Å². The molecular weight excluding hydrogens is 573 g/mol. The van der Waals surface area contributed by atoms with E-state index in [1.54, 1.807) is 0 Å². The molecule has 0 radical (unpaired) electrons. The predicted molar refractivity (Wildman–Crippen MR) is 178 cm³/mol. The van der Waals surface area contributed by atoms with Gasteiger partial charge in [0.2, 0.25) is 45.9 Å². The third kappa shape index (κ3) is 9.32. The Morgan fingerprint density at radius 2 is 0.927 bits per heavy atom. The van der Waals surface area contributed by atoms with Gasteiger partial charge < -0.3 is 8.23 Å². The molecule has 0 amide bonds. The van der Waals surface area contributed by atoms with Crippen molar-refractivity contribution in [3.63, 3.8) is 0 Å². The molecule has 0 atom stereocenters. The molecule has 2 heterocycles. The van der Waals surface area contributed by atoms with Crippen molar-refractivity contribution in [1.29, 1.82) is 0 Å². The van der Waals surface area contributed by atoms with Gasteiger partial charge in [0.25, 0.3) is 0 Å². The van der Waals surface area contributed by atoms with Crippen molar-refractivity contribution in [2.24, 2.45) is 0 Å². The first-order chi connectivity index (χ1) is 19.2. The minimum atomic E-state index is -1.93. The van der Waals surface area contributed by atoms with Gasteiger partial charge in [0.15, 0.2) is 0 Å². The van der Waals surface area contributed by atoms with Crippen LogP contribution >= 0.6 is 0 Å². The van der Waals surface area contributed by atoms with E-state index in [-0.39, 0.29) is 0 Å². The van der Waals surface area contributed by atoms with Crippen LogP contribution in [0.1, 0.15) is 6.42 Å². The van der Waals surface area contributed by atoms with Crippen LogP contribution in [-0.4, -0.2) is 42.4 Å². The van der Waals surface area contributed by atoms with Gasteiger partial charge in [-0.15, -0.1) is 0 Å². The van der Waals surface area contributed by atoms with Crippen LogP contribution in [0.3, 0.4) is 0 Å². The average molecular weight is 623 g/mol. The van der Waals surface area contributed by atoms with Gasteiger partial charge in [0.05, 0.1) is 13.1 Å². The van der Waals surface area contributed by atoms with Crippen molar-refractivity contribution < 1.29 is 17.4 Å². The van der Waals surface area contributed by atoms with Crippen molar-refractivity contribution in [1.82, 2.24) is 9.13 Å². The van der Waals surface area contributed by atoms with Crippen LogP contribution in [0.15, 0.2) is 98.1 Å². The van der Waals surface area contributed by atoms with Crippen LogP contribution < -0.4 is 19.5 Å². The van der Waals surface area contributed by atoms with Gasteiger partial charge in [0, 0.05) is 6.42 Å². The summed E-state index contributed by atoms with van der Waals surface area (Å²) in [4.78, 5) is 0. The topological polar surface area (TPSA) is 36.1 Å². The highest BCUT2D eigenvalue weighted by atomic mass is 28.4. The first kappa shape index (κ1) is 31.6. The first-order valence-electron chi connectivity index (χ1n) is 14.8. The van der Waals surface area contributed by atoms with Crippen LogP contribution in [0, 0.1) is 0 Å². The summed E-state index contributed by atoms with van der Waals surface area (Å²) in [5.41, 5.74) is 0. The number of aromatic nitrogens is 4. The summed E-state index contributed by atoms with van der Waals surface area (Å²) in [7, 11) is -7.62. The Balaban J connectivity index is 1.25. The van der Waals surface area contributed by atoms with Crippen molar-refractivity contribution in [3.05, 3.63) is 98.1 Å². The normalized spacial score (nSPS) is 13.1. The van der Waals surface area contributed by atoms with Gasteiger partial charge >= 0.3 is 0 Å². The number of imidazole rings is 2. The first-order valence-corrected chi connectivity index (χ1v) is 26.9. The van der Waals surface area contributed by atoms with E-state index in [1.165, 1.54) is 10.4 Å². The molecule has 0 aliphatic carbocycles. The smallest absolute Gasteiger partial charge is 0.243 e. The average Bonchev–Trinajstić information content (AvgIpc) is 3.52. The molecule has 2 aromatic heterocycles. The number of hydrogen-bond donors (Lipinski definition) is 0. The maximum absolute atomic E-state index is 6.89. The standard InChI is InChI=1S/C31H50N4O2Si4/c1-38(2,36-40(5,6)30-16-11-9-12-17-30)28-34-24-22-32(26-34)20-15-21-33-23-25-35(27-33)29-39(3,4)37-41(7,8)31-18-13-10-14-19-31/h9-14,16-19,22-27H,15,20-21,28-29H2,1-8H3/q+2. The number of benzene rings is 2. The molecule has 4 aromatic rings. The molecule has 0 N–H and O–H groups in total. The third-order valence-corrected chi connectivity index (χ3v) is 21.7. The Labute approximate surface area is 251 Å². The third-order valence-electron chi connectivity index (χ3n) is 7.45. The van der Waals surface area contributed by atoms with E-state index in [2.05, 4.69) is 169 Å². The van der Waals surface area contributed by atoms with E-state index < -0.39 is 33.3 Å². The largest absolute Gasteiger partial charge is 0.450 e. The fraction of sp³-hybridized carbons (Fsp3) is 0.419. The molecule has 41 heavy (non-hydrogen) atoms. The van der Waals surface area contributed by atoms with E-state index in [4.69, 9.17) is 8.23 Å². The fourth-order valence-electron chi connectivity index (χ4n) is 5.89. The molecular formula is C31H50N4O2Si4+2. The lowest BCUT2D eigenvalue weighted by Gasteiger charge is -2.33. The second-order valence-electron chi connectivity index (χ2n) is 13.5. The molecule has 0 bridgehead atoms. The zero-order valence-corrected chi connectivity index (χ0v) is 30.4. The molecule has 6 nitrogen and oxygen atoms in total. The minimum absolute atomic E-state index is 0.965. The van der Waals surface area contributed by atoms with Crippen LogP contribution in [0.5, 0.6) is 0 Å². The second kappa shape index (κ2) is 12.9. The lowest BCUT2D eigenvalue weighted by molar-refractivity contribution is -0.681. The quantitative estimate of drug-likeness (QED) is 0.151. The van der Waals surface area contributed by atoms with Gasteiger partial charge in [0.1, 0.15) is 37.1 Å². The van der Waals surface area contributed by atoms with E-state index in [9.17, 15) is 0 Å². The molecule has 4 rings (SSSR count). The Morgan fingerprint density at radius 3 is 1.29 bits per heavy atom. The highest BCUT2D eigenvalue weighted by Gasteiger charge is 2.37. The summed E-state index contributed by atoms with van der Waals surface area (Å²) in [6, 6.07) is 21.5. The maximum atomic E-state index is 6.89. The fourth-order valence-corrected chi connectivity index (χ4v) is 22.5. The molecule has 220 valence electrons. The lowest BCUT2D eigenvalue weighted by atomic mass is 10.4. The minimum Gasteiger partial charge on any atom is -0.450 e. The molecule has 0 unspecified atom stereocenters. The lowest BCUT2D eigenvalue weighted by Crippen LogP contribution is -2.58. The summed E-state index contributed by atoms with van der Waals surface area (Å²) in [5, 5.41) is 2.73. The molecule has 2 aromatic carbocycles. The number of rotatable bonds is 14. The van der Waals surface area contributed by atoms with Crippen molar-refractivity contribution in [2.45, 2.75) is 84.2 Å². The van der Waals surface area contributed by atoms with E-state index in [0.29, 0.717) is 0 Å². The van der Waals surface area contributed by atoms with Crippen molar-refractivity contribution in [3.8, 4) is 0 Å². The molecule has 0 aliphatic heterocycles. The molecule has 0 saturated carbocycles. The highest BCUT2D eigenvalue weighted by Crippen LogP contribution is 2.16. The maximum Gasteiger partial charge on any atom is 0.243 e. The van der Waals surface area contributed by atoms with Crippen molar-refractivity contribution in [2.75, 3.05) is 0 Å². The predicted octanol–water partition coefficient (Wildman–Crippen LogP) is 4.70. The monoisotopic (exact) mass is 622 g/mol. The molecule has 0 saturated heterocycles.